The van der Waals surface area contributed by atoms with E-state index in [0.717, 1.165) is 36.4 Å². The van der Waals surface area contributed by atoms with Gasteiger partial charge in [0.2, 0.25) is 5.95 Å². The average molecular weight is 433 g/mol. The van der Waals surface area contributed by atoms with E-state index in [0.29, 0.717) is 18.2 Å². The fourth-order valence-electron chi connectivity index (χ4n) is 4.71. The van der Waals surface area contributed by atoms with Crippen LogP contribution in [0.15, 0.2) is 42.5 Å². The summed E-state index contributed by atoms with van der Waals surface area (Å²) in [5, 5.41) is 6.64. The van der Waals surface area contributed by atoms with Crippen LogP contribution in [0, 0.1) is 6.92 Å². The molecule has 1 fully saturated rings. The van der Waals surface area contributed by atoms with E-state index in [1.165, 1.54) is 49.7 Å². The monoisotopic (exact) mass is 432 g/mol. The third-order valence-electron chi connectivity index (χ3n) is 6.66. The number of carbonyl (C=O) groups is 1. The molecule has 1 saturated carbocycles. The predicted octanol–water partition coefficient (Wildman–Crippen LogP) is 6.38. The third kappa shape index (κ3) is 5.14. The topological polar surface area (TPSA) is 59.0 Å². The van der Waals surface area contributed by atoms with E-state index in [2.05, 4.69) is 59.4 Å². The Morgan fingerprint density at radius 3 is 2.62 bits per heavy atom. The molecule has 0 bridgehead atoms. The summed E-state index contributed by atoms with van der Waals surface area (Å²) in [6.07, 6.45) is 9.60. The number of anilines is 1. The van der Waals surface area contributed by atoms with Crippen molar-refractivity contribution in [2.45, 2.75) is 77.8 Å². The predicted molar refractivity (Wildman–Crippen MR) is 132 cm³/mol. The molecule has 32 heavy (non-hydrogen) atoms. The van der Waals surface area contributed by atoms with Crippen molar-refractivity contribution in [1.82, 2.24) is 14.9 Å². The van der Waals surface area contributed by atoms with Crippen molar-refractivity contribution in [3.05, 3.63) is 59.2 Å². The zero-order chi connectivity index (χ0) is 22.3. The van der Waals surface area contributed by atoms with Crippen LogP contribution < -0.4 is 10.6 Å². The van der Waals surface area contributed by atoms with E-state index in [4.69, 9.17) is 4.98 Å². The molecule has 0 spiro atoms. The first-order valence-electron chi connectivity index (χ1n) is 12.3. The maximum atomic E-state index is 12.6. The van der Waals surface area contributed by atoms with Gasteiger partial charge in [-0.05, 0) is 55.5 Å². The van der Waals surface area contributed by atoms with Crippen molar-refractivity contribution in [2.75, 3.05) is 11.9 Å². The number of nitrogens with one attached hydrogen (secondary N) is 2. The number of amides is 1. The van der Waals surface area contributed by atoms with Gasteiger partial charge in [0.15, 0.2) is 0 Å². The Morgan fingerprint density at radius 2 is 1.88 bits per heavy atom. The number of hydrogen-bond donors (Lipinski definition) is 2. The Balaban J connectivity index is 1.65. The van der Waals surface area contributed by atoms with Crippen LogP contribution in [0.1, 0.15) is 85.8 Å². The first-order valence-corrected chi connectivity index (χ1v) is 12.3. The third-order valence-corrected chi connectivity index (χ3v) is 6.66. The quantitative estimate of drug-likeness (QED) is 0.321. The molecule has 0 aliphatic heterocycles. The van der Waals surface area contributed by atoms with Gasteiger partial charge in [-0.25, -0.2) is 4.98 Å². The van der Waals surface area contributed by atoms with Crippen LogP contribution >= 0.6 is 0 Å². The molecular formula is C27H36N4O. The lowest BCUT2D eigenvalue weighted by Gasteiger charge is -2.21. The smallest absolute Gasteiger partial charge is 0.251 e. The van der Waals surface area contributed by atoms with Crippen molar-refractivity contribution in [3.8, 4) is 0 Å². The Labute approximate surface area is 191 Å². The van der Waals surface area contributed by atoms with Gasteiger partial charge < -0.3 is 15.2 Å². The molecule has 1 aliphatic carbocycles. The number of rotatable bonds is 8. The number of hydrogen-bond acceptors (Lipinski definition) is 3. The number of unbranched alkanes of at least 4 members (excludes halogenated alkanes) is 1. The van der Waals surface area contributed by atoms with E-state index in [-0.39, 0.29) is 5.91 Å². The van der Waals surface area contributed by atoms with E-state index in [1.807, 2.05) is 12.1 Å². The van der Waals surface area contributed by atoms with Gasteiger partial charge in [0.1, 0.15) is 0 Å². The summed E-state index contributed by atoms with van der Waals surface area (Å²) >= 11 is 0. The highest BCUT2D eigenvalue weighted by atomic mass is 16.1. The van der Waals surface area contributed by atoms with E-state index in [1.54, 1.807) is 0 Å². The highest BCUT2D eigenvalue weighted by Gasteiger charge is 2.21. The molecule has 3 aromatic rings. The fraction of sp³-hybridized carbons (Fsp3) is 0.481. The SMILES string of the molecule is CCCCNC(=O)c1ccc2c(c1)nc(NCc1ccccc1C)n2C1CCCCCC1. The van der Waals surface area contributed by atoms with Crippen molar-refractivity contribution in [1.29, 1.82) is 0 Å². The summed E-state index contributed by atoms with van der Waals surface area (Å²) in [5.41, 5.74) is 5.26. The molecule has 1 amide bonds. The Morgan fingerprint density at radius 1 is 1.09 bits per heavy atom. The molecule has 4 rings (SSSR count). The van der Waals surface area contributed by atoms with Crippen LogP contribution in [0.5, 0.6) is 0 Å². The highest BCUT2D eigenvalue weighted by molar-refractivity contribution is 5.97. The van der Waals surface area contributed by atoms with Crippen LogP contribution in [0.3, 0.4) is 0 Å². The minimum absolute atomic E-state index is 0.0150. The van der Waals surface area contributed by atoms with Crippen LogP contribution in [-0.2, 0) is 6.54 Å². The first-order chi connectivity index (χ1) is 15.7. The van der Waals surface area contributed by atoms with Gasteiger partial charge in [0.25, 0.3) is 5.91 Å². The molecule has 2 N–H and O–H groups in total. The number of aromatic nitrogens is 2. The zero-order valence-corrected chi connectivity index (χ0v) is 19.5. The molecule has 1 aromatic heterocycles. The summed E-state index contributed by atoms with van der Waals surface area (Å²) < 4.78 is 2.40. The highest BCUT2D eigenvalue weighted by Crippen LogP contribution is 2.34. The summed E-state index contributed by atoms with van der Waals surface area (Å²) in [7, 11) is 0. The van der Waals surface area contributed by atoms with Crippen LogP contribution in [0.25, 0.3) is 11.0 Å². The number of nitrogens with zero attached hydrogens (tertiary/aromatic N) is 2. The second-order valence-electron chi connectivity index (χ2n) is 9.04. The maximum Gasteiger partial charge on any atom is 0.251 e. The number of aryl methyl sites for hydroxylation is 1. The normalized spacial score (nSPS) is 14.9. The van der Waals surface area contributed by atoms with Gasteiger partial charge in [-0.1, -0.05) is 63.3 Å². The van der Waals surface area contributed by atoms with E-state index >= 15 is 0 Å². The summed E-state index contributed by atoms with van der Waals surface area (Å²) in [5.74, 6) is 0.900. The minimum Gasteiger partial charge on any atom is -0.352 e. The Kier molecular flexibility index (Phi) is 7.46. The van der Waals surface area contributed by atoms with Crippen LogP contribution in [-0.4, -0.2) is 22.0 Å². The lowest BCUT2D eigenvalue weighted by molar-refractivity contribution is 0.0953. The molecule has 1 aliphatic rings. The van der Waals surface area contributed by atoms with Crippen molar-refractivity contribution >= 4 is 22.9 Å². The average Bonchev–Trinajstić information content (AvgIpc) is 2.95. The summed E-state index contributed by atoms with van der Waals surface area (Å²) in [6, 6.07) is 14.9. The minimum atomic E-state index is -0.0150. The molecule has 0 radical (unpaired) electrons. The second-order valence-corrected chi connectivity index (χ2v) is 9.04. The summed E-state index contributed by atoms with van der Waals surface area (Å²) in [6.45, 7) is 5.73. The molecular weight excluding hydrogens is 396 g/mol. The fourth-order valence-corrected chi connectivity index (χ4v) is 4.71. The molecule has 0 unspecified atom stereocenters. The molecule has 0 atom stereocenters. The van der Waals surface area contributed by atoms with Crippen LogP contribution in [0.2, 0.25) is 0 Å². The standard InChI is InChI=1S/C27H36N4O/c1-3-4-17-28-26(32)21-15-16-25-24(18-21)30-27(29-19-22-12-10-9-11-20(22)2)31(25)23-13-7-5-6-8-14-23/h9-12,15-16,18,23H,3-8,13-14,17,19H2,1-2H3,(H,28,32)(H,29,30). The lowest BCUT2D eigenvalue weighted by Crippen LogP contribution is -2.24. The van der Waals surface area contributed by atoms with Crippen molar-refractivity contribution in [3.63, 3.8) is 0 Å². The van der Waals surface area contributed by atoms with Crippen molar-refractivity contribution in [2.24, 2.45) is 0 Å². The van der Waals surface area contributed by atoms with E-state index in [9.17, 15) is 4.79 Å². The van der Waals surface area contributed by atoms with Crippen LogP contribution in [0.4, 0.5) is 5.95 Å². The number of carbonyl (C=O) groups excluding carboxylic acids is 1. The van der Waals surface area contributed by atoms with Crippen molar-refractivity contribution < 1.29 is 4.79 Å². The van der Waals surface area contributed by atoms with Gasteiger partial charge in [-0.2, -0.15) is 0 Å². The molecule has 5 heteroatoms. The second kappa shape index (κ2) is 10.7. The number of imidazole rings is 1. The molecule has 170 valence electrons. The largest absolute Gasteiger partial charge is 0.352 e. The molecule has 2 aromatic carbocycles. The number of fused-ring (bicyclic) bond motifs is 1. The Hall–Kier alpha value is -2.82. The first kappa shape index (κ1) is 22.4. The maximum absolute atomic E-state index is 12.6. The molecule has 5 nitrogen and oxygen atoms in total. The molecule has 1 heterocycles. The van der Waals surface area contributed by atoms with E-state index < -0.39 is 0 Å². The Bertz CT molecular complexity index is 1050. The number of benzene rings is 2. The lowest BCUT2D eigenvalue weighted by atomic mass is 10.1. The van der Waals surface area contributed by atoms with Gasteiger partial charge in [-0.15, -0.1) is 0 Å². The van der Waals surface area contributed by atoms with Gasteiger partial charge >= 0.3 is 0 Å². The van der Waals surface area contributed by atoms with Gasteiger partial charge in [0.05, 0.1) is 11.0 Å². The van der Waals surface area contributed by atoms with Gasteiger partial charge in [-0.3, -0.25) is 4.79 Å². The zero-order valence-electron chi connectivity index (χ0n) is 19.5. The summed E-state index contributed by atoms with van der Waals surface area (Å²) in [4.78, 5) is 17.6. The molecule has 0 saturated heterocycles. The van der Waals surface area contributed by atoms with Gasteiger partial charge in [0, 0.05) is 24.7 Å².